The van der Waals surface area contributed by atoms with Gasteiger partial charge in [-0.1, -0.05) is 12.1 Å². The maximum Gasteiger partial charge on any atom is 0.321 e. The lowest BCUT2D eigenvalue weighted by atomic mass is 10.1. The third kappa shape index (κ3) is 2.30. The SMILES string of the molecule is Cc1cccc(OC(=O)C2CCCC2=O)c1. The molecule has 1 atom stereocenters. The minimum atomic E-state index is -0.541. The van der Waals surface area contributed by atoms with Crippen molar-refractivity contribution in [3.8, 4) is 5.75 Å². The van der Waals surface area contributed by atoms with E-state index >= 15 is 0 Å². The van der Waals surface area contributed by atoms with Crippen LogP contribution in [0.1, 0.15) is 24.8 Å². The van der Waals surface area contributed by atoms with Gasteiger partial charge in [0.15, 0.2) is 0 Å². The van der Waals surface area contributed by atoms with E-state index in [1.807, 2.05) is 19.1 Å². The van der Waals surface area contributed by atoms with Crippen molar-refractivity contribution in [1.82, 2.24) is 0 Å². The normalized spacial score (nSPS) is 19.8. The van der Waals surface area contributed by atoms with Crippen LogP contribution in [0.15, 0.2) is 24.3 Å². The summed E-state index contributed by atoms with van der Waals surface area (Å²) < 4.78 is 5.19. The molecule has 0 bridgehead atoms. The Morgan fingerprint density at radius 2 is 2.25 bits per heavy atom. The van der Waals surface area contributed by atoms with Gasteiger partial charge in [-0.15, -0.1) is 0 Å². The third-order valence-corrected chi connectivity index (χ3v) is 2.80. The first kappa shape index (κ1) is 10.9. The molecule has 0 aromatic heterocycles. The molecular formula is C13H14O3. The van der Waals surface area contributed by atoms with Crippen molar-refractivity contribution in [3.63, 3.8) is 0 Å². The zero-order valence-corrected chi connectivity index (χ0v) is 9.23. The number of esters is 1. The van der Waals surface area contributed by atoms with Crippen LogP contribution in [0.4, 0.5) is 0 Å². The summed E-state index contributed by atoms with van der Waals surface area (Å²) in [7, 11) is 0. The first-order chi connectivity index (χ1) is 7.66. The standard InChI is InChI=1S/C13H14O3/c1-9-4-2-5-10(8-9)16-13(15)11-6-3-7-12(11)14/h2,4-5,8,11H,3,6-7H2,1H3. The van der Waals surface area contributed by atoms with E-state index < -0.39 is 11.9 Å². The van der Waals surface area contributed by atoms with Gasteiger partial charge in [-0.25, -0.2) is 0 Å². The Hall–Kier alpha value is -1.64. The van der Waals surface area contributed by atoms with Crippen LogP contribution in [0.5, 0.6) is 5.75 Å². The second kappa shape index (κ2) is 4.47. The highest BCUT2D eigenvalue weighted by molar-refractivity contribution is 6.01. The molecule has 0 radical (unpaired) electrons. The molecule has 16 heavy (non-hydrogen) atoms. The predicted molar refractivity (Wildman–Crippen MR) is 59.2 cm³/mol. The van der Waals surface area contributed by atoms with Crippen molar-refractivity contribution in [3.05, 3.63) is 29.8 Å². The minimum Gasteiger partial charge on any atom is -0.426 e. The number of carbonyl (C=O) groups excluding carboxylic acids is 2. The molecule has 1 unspecified atom stereocenters. The quantitative estimate of drug-likeness (QED) is 0.434. The van der Waals surface area contributed by atoms with Crippen molar-refractivity contribution >= 4 is 11.8 Å². The molecular weight excluding hydrogens is 204 g/mol. The van der Waals surface area contributed by atoms with E-state index in [2.05, 4.69) is 0 Å². The Morgan fingerprint density at radius 3 is 2.88 bits per heavy atom. The highest BCUT2D eigenvalue weighted by Gasteiger charge is 2.32. The fourth-order valence-corrected chi connectivity index (χ4v) is 1.93. The number of aryl methyl sites for hydroxylation is 1. The number of Topliss-reactive ketones (excluding diaryl/α,β-unsaturated/α-hetero) is 1. The maximum atomic E-state index is 11.7. The molecule has 0 amide bonds. The molecule has 84 valence electrons. The number of benzene rings is 1. The number of ketones is 1. The number of carbonyl (C=O) groups is 2. The average Bonchev–Trinajstić information content (AvgIpc) is 2.64. The maximum absolute atomic E-state index is 11.7. The molecule has 1 aliphatic rings. The number of hydrogen-bond donors (Lipinski definition) is 0. The van der Waals surface area contributed by atoms with E-state index in [0.717, 1.165) is 12.0 Å². The highest BCUT2D eigenvalue weighted by Crippen LogP contribution is 2.24. The zero-order valence-electron chi connectivity index (χ0n) is 9.23. The van der Waals surface area contributed by atoms with Crippen LogP contribution in [0.25, 0.3) is 0 Å². The van der Waals surface area contributed by atoms with Gasteiger partial charge < -0.3 is 4.74 Å². The van der Waals surface area contributed by atoms with Gasteiger partial charge in [0.05, 0.1) is 0 Å². The van der Waals surface area contributed by atoms with E-state index in [-0.39, 0.29) is 5.78 Å². The Balaban J connectivity index is 2.04. The van der Waals surface area contributed by atoms with Crippen LogP contribution in [-0.4, -0.2) is 11.8 Å². The van der Waals surface area contributed by atoms with Crippen LogP contribution in [-0.2, 0) is 9.59 Å². The van der Waals surface area contributed by atoms with E-state index in [1.54, 1.807) is 12.1 Å². The molecule has 0 N–H and O–H groups in total. The van der Waals surface area contributed by atoms with Gasteiger partial charge in [-0.3, -0.25) is 9.59 Å². The van der Waals surface area contributed by atoms with Crippen LogP contribution in [0, 0.1) is 12.8 Å². The molecule has 3 nitrogen and oxygen atoms in total. The molecule has 1 aromatic rings. The Morgan fingerprint density at radius 1 is 1.44 bits per heavy atom. The van der Waals surface area contributed by atoms with Gasteiger partial charge in [0.1, 0.15) is 17.5 Å². The van der Waals surface area contributed by atoms with E-state index in [9.17, 15) is 9.59 Å². The summed E-state index contributed by atoms with van der Waals surface area (Å²) in [6.45, 7) is 1.93. The monoisotopic (exact) mass is 218 g/mol. The third-order valence-electron chi connectivity index (χ3n) is 2.80. The summed E-state index contributed by atoms with van der Waals surface area (Å²) in [6.07, 6.45) is 1.93. The summed E-state index contributed by atoms with van der Waals surface area (Å²) in [5.41, 5.74) is 1.03. The van der Waals surface area contributed by atoms with Gasteiger partial charge in [0.25, 0.3) is 0 Å². The van der Waals surface area contributed by atoms with Gasteiger partial charge in [-0.05, 0) is 37.5 Å². The van der Waals surface area contributed by atoms with Crippen molar-refractivity contribution in [2.75, 3.05) is 0 Å². The van der Waals surface area contributed by atoms with Gasteiger partial charge in [0.2, 0.25) is 0 Å². The van der Waals surface area contributed by atoms with E-state index in [1.165, 1.54) is 0 Å². The number of rotatable bonds is 2. The molecule has 0 saturated heterocycles. The van der Waals surface area contributed by atoms with Crippen LogP contribution in [0.3, 0.4) is 0 Å². The van der Waals surface area contributed by atoms with E-state index in [4.69, 9.17) is 4.74 Å². The molecule has 1 fully saturated rings. The van der Waals surface area contributed by atoms with Crippen molar-refractivity contribution in [1.29, 1.82) is 0 Å². The summed E-state index contributed by atoms with van der Waals surface area (Å²) >= 11 is 0. The first-order valence-electron chi connectivity index (χ1n) is 5.48. The number of hydrogen-bond acceptors (Lipinski definition) is 3. The predicted octanol–water partition coefficient (Wildman–Crippen LogP) is 2.27. The Bertz CT molecular complexity index is 423. The van der Waals surface area contributed by atoms with Crippen molar-refractivity contribution in [2.24, 2.45) is 5.92 Å². The van der Waals surface area contributed by atoms with Gasteiger partial charge in [-0.2, -0.15) is 0 Å². The van der Waals surface area contributed by atoms with Gasteiger partial charge >= 0.3 is 5.97 Å². The lowest BCUT2D eigenvalue weighted by Crippen LogP contribution is -2.23. The topological polar surface area (TPSA) is 43.4 Å². The number of ether oxygens (including phenoxy) is 1. The molecule has 2 rings (SSSR count). The summed E-state index contributed by atoms with van der Waals surface area (Å²) in [6, 6.07) is 7.27. The lowest BCUT2D eigenvalue weighted by molar-refractivity contribution is -0.142. The summed E-state index contributed by atoms with van der Waals surface area (Å²) in [5, 5.41) is 0. The van der Waals surface area contributed by atoms with Crippen molar-refractivity contribution in [2.45, 2.75) is 26.2 Å². The fraction of sp³-hybridized carbons (Fsp3) is 0.385. The molecule has 1 aromatic carbocycles. The smallest absolute Gasteiger partial charge is 0.321 e. The molecule has 0 heterocycles. The highest BCUT2D eigenvalue weighted by atomic mass is 16.5. The molecule has 1 aliphatic carbocycles. The average molecular weight is 218 g/mol. The van der Waals surface area contributed by atoms with Crippen molar-refractivity contribution < 1.29 is 14.3 Å². The molecule has 0 spiro atoms. The fourth-order valence-electron chi connectivity index (χ4n) is 1.93. The van der Waals surface area contributed by atoms with Crippen LogP contribution in [0.2, 0.25) is 0 Å². The van der Waals surface area contributed by atoms with Crippen LogP contribution < -0.4 is 4.74 Å². The zero-order chi connectivity index (χ0) is 11.5. The molecule has 0 aliphatic heterocycles. The Kier molecular flexibility index (Phi) is 3.04. The van der Waals surface area contributed by atoms with Gasteiger partial charge in [0, 0.05) is 6.42 Å². The lowest BCUT2D eigenvalue weighted by Gasteiger charge is -2.08. The molecule has 1 saturated carbocycles. The summed E-state index contributed by atoms with van der Waals surface area (Å²) in [5.74, 6) is -0.420. The van der Waals surface area contributed by atoms with Crippen LogP contribution >= 0.6 is 0 Å². The second-order valence-corrected chi connectivity index (χ2v) is 4.15. The summed E-state index contributed by atoms with van der Waals surface area (Å²) in [4.78, 5) is 23.1. The second-order valence-electron chi connectivity index (χ2n) is 4.15. The van der Waals surface area contributed by atoms with E-state index in [0.29, 0.717) is 18.6 Å². The molecule has 3 heteroatoms. The first-order valence-corrected chi connectivity index (χ1v) is 5.48. The Labute approximate surface area is 94.4 Å². The largest absolute Gasteiger partial charge is 0.426 e. The minimum absolute atomic E-state index is 0.0117.